The van der Waals surface area contributed by atoms with Crippen LogP contribution in [0.1, 0.15) is 33.8 Å². The molecule has 0 radical (unpaired) electrons. The highest BCUT2D eigenvalue weighted by Gasteiger charge is 2.26. The number of rotatable bonds is 7. The van der Waals surface area contributed by atoms with Crippen LogP contribution < -0.4 is 15.6 Å². The van der Waals surface area contributed by atoms with Gasteiger partial charge in [0.2, 0.25) is 5.91 Å². The summed E-state index contributed by atoms with van der Waals surface area (Å²) in [6, 6.07) is 12.3. The van der Waals surface area contributed by atoms with Crippen LogP contribution in [0.25, 0.3) is 0 Å². The highest BCUT2D eigenvalue weighted by Crippen LogP contribution is 2.23. The van der Waals surface area contributed by atoms with Gasteiger partial charge in [0.1, 0.15) is 17.1 Å². The third-order valence-corrected chi connectivity index (χ3v) is 6.33. The summed E-state index contributed by atoms with van der Waals surface area (Å²) >= 11 is 6.21. The Morgan fingerprint density at radius 3 is 2.71 bits per heavy atom. The number of hydrogen-bond acceptors (Lipinski definition) is 5. The van der Waals surface area contributed by atoms with Gasteiger partial charge in [-0.15, -0.1) is 0 Å². The highest BCUT2D eigenvalue weighted by atomic mass is 35.5. The number of aryl methyl sites for hydroxylation is 1. The van der Waals surface area contributed by atoms with Crippen LogP contribution in [0.3, 0.4) is 0 Å². The van der Waals surface area contributed by atoms with Crippen molar-refractivity contribution in [2.24, 2.45) is 0 Å². The number of fused-ring (bicyclic) bond motifs is 1. The Hall–Kier alpha value is -3.52. The molecule has 1 N–H and O–H groups in total. The standard InChI is InChI=1S/C25H26ClN3O5/c1-33-21-15-23(31)29-13-12-28(22(30)9-8-17-5-2-3-7-19(17)26)11-10-20(29)24(21)25(32)27-16-18-6-4-14-34-18/h2-7,14-15H,8-13,16H2,1H3,(H,27,32). The number of methoxy groups -OCH3 is 1. The van der Waals surface area contributed by atoms with Crippen LogP contribution in [-0.4, -0.2) is 41.5 Å². The fourth-order valence-electron chi connectivity index (χ4n) is 4.17. The molecular weight excluding hydrogens is 458 g/mol. The van der Waals surface area contributed by atoms with Crippen LogP contribution in [0.15, 0.2) is 57.9 Å². The van der Waals surface area contributed by atoms with Crippen molar-refractivity contribution in [2.45, 2.75) is 32.4 Å². The number of amides is 2. The first-order chi connectivity index (χ1) is 16.5. The molecule has 0 saturated heterocycles. The lowest BCUT2D eigenvalue weighted by atomic mass is 10.1. The lowest BCUT2D eigenvalue weighted by Crippen LogP contribution is -2.34. The first-order valence-electron chi connectivity index (χ1n) is 11.1. The van der Waals surface area contributed by atoms with Crippen LogP contribution in [0, 0.1) is 0 Å². The van der Waals surface area contributed by atoms with Gasteiger partial charge in [-0.1, -0.05) is 29.8 Å². The fourth-order valence-corrected chi connectivity index (χ4v) is 4.40. The minimum Gasteiger partial charge on any atom is -0.496 e. The summed E-state index contributed by atoms with van der Waals surface area (Å²) in [7, 11) is 1.43. The number of benzene rings is 1. The summed E-state index contributed by atoms with van der Waals surface area (Å²) in [4.78, 5) is 40.5. The van der Waals surface area contributed by atoms with Crippen LogP contribution in [0.5, 0.6) is 5.75 Å². The van der Waals surface area contributed by atoms with E-state index in [2.05, 4.69) is 5.32 Å². The van der Waals surface area contributed by atoms with Gasteiger partial charge in [0.25, 0.3) is 11.5 Å². The van der Waals surface area contributed by atoms with E-state index < -0.39 is 0 Å². The number of halogens is 1. The normalized spacial score (nSPS) is 13.2. The molecule has 1 aromatic carbocycles. The number of hydrogen-bond donors (Lipinski definition) is 1. The van der Waals surface area contributed by atoms with Crippen molar-refractivity contribution in [1.29, 1.82) is 0 Å². The zero-order valence-corrected chi connectivity index (χ0v) is 19.6. The molecule has 2 aromatic heterocycles. The Morgan fingerprint density at radius 2 is 1.97 bits per heavy atom. The van der Waals surface area contributed by atoms with Crippen molar-refractivity contribution < 1.29 is 18.7 Å². The summed E-state index contributed by atoms with van der Waals surface area (Å²) in [5, 5.41) is 3.46. The molecule has 0 aliphatic carbocycles. The largest absolute Gasteiger partial charge is 0.496 e. The summed E-state index contributed by atoms with van der Waals surface area (Å²) < 4.78 is 12.2. The van der Waals surface area contributed by atoms with E-state index in [4.69, 9.17) is 20.8 Å². The van der Waals surface area contributed by atoms with Gasteiger partial charge >= 0.3 is 0 Å². The molecule has 3 heterocycles. The van der Waals surface area contributed by atoms with E-state index in [9.17, 15) is 14.4 Å². The van der Waals surface area contributed by atoms with E-state index in [0.717, 1.165) is 5.56 Å². The first kappa shape index (κ1) is 23.6. The van der Waals surface area contributed by atoms with Crippen LogP contribution in [0.4, 0.5) is 0 Å². The van der Waals surface area contributed by atoms with Gasteiger partial charge < -0.3 is 23.9 Å². The maximum atomic E-state index is 13.1. The van der Waals surface area contributed by atoms with Crippen molar-refractivity contribution in [2.75, 3.05) is 20.2 Å². The lowest BCUT2D eigenvalue weighted by Gasteiger charge is -2.20. The monoisotopic (exact) mass is 483 g/mol. The van der Waals surface area contributed by atoms with Crippen molar-refractivity contribution >= 4 is 23.4 Å². The minimum atomic E-state index is -0.365. The molecule has 34 heavy (non-hydrogen) atoms. The second kappa shape index (κ2) is 10.6. The molecule has 1 aliphatic rings. The van der Waals surface area contributed by atoms with Crippen LogP contribution in [-0.2, 0) is 30.7 Å². The molecule has 2 amide bonds. The molecule has 0 spiro atoms. The molecular formula is C25H26ClN3O5. The zero-order chi connectivity index (χ0) is 24.1. The summed E-state index contributed by atoms with van der Waals surface area (Å²) in [5.41, 5.74) is 1.52. The SMILES string of the molecule is COc1cc(=O)n2c(c1C(=O)NCc1ccco1)CCN(C(=O)CCc1ccccc1Cl)CC2. The quantitative estimate of drug-likeness (QED) is 0.557. The number of nitrogens with zero attached hydrogens (tertiary/aromatic N) is 2. The summed E-state index contributed by atoms with van der Waals surface area (Å²) in [5.74, 6) is 0.445. The summed E-state index contributed by atoms with van der Waals surface area (Å²) in [6.07, 6.45) is 2.74. The molecule has 4 rings (SSSR count). The second-order valence-electron chi connectivity index (χ2n) is 8.01. The predicted molar refractivity (Wildman–Crippen MR) is 127 cm³/mol. The Kier molecular flexibility index (Phi) is 7.37. The van der Waals surface area contributed by atoms with Gasteiger partial charge in [0.05, 0.1) is 19.9 Å². The molecule has 9 heteroatoms. The number of carbonyl (C=O) groups excluding carboxylic acids is 2. The summed E-state index contributed by atoms with van der Waals surface area (Å²) in [6.45, 7) is 1.29. The van der Waals surface area contributed by atoms with Crippen molar-refractivity contribution in [3.8, 4) is 5.75 Å². The molecule has 0 fully saturated rings. The van der Waals surface area contributed by atoms with Gasteiger partial charge in [-0.25, -0.2) is 0 Å². The third kappa shape index (κ3) is 5.17. The van der Waals surface area contributed by atoms with E-state index in [1.54, 1.807) is 21.6 Å². The van der Waals surface area contributed by atoms with E-state index in [1.807, 2.05) is 24.3 Å². The highest BCUT2D eigenvalue weighted by molar-refractivity contribution is 6.31. The van der Waals surface area contributed by atoms with Gasteiger partial charge in [0, 0.05) is 49.3 Å². The van der Waals surface area contributed by atoms with E-state index in [0.29, 0.717) is 60.9 Å². The molecule has 1 aliphatic heterocycles. The maximum Gasteiger partial charge on any atom is 0.257 e. The average Bonchev–Trinajstić information content (AvgIpc) is 3.26. The smallest absolute Gasteiger partial charge is 0.257 e. The van der Waals surface area contributed by atoms with Gasteiger partial charge in [-0.2, -0.15) is 0 Å². The number of aromatic nitrogens is 1. The molecule has 0 saturated carbocycles. The topological polar surface area (TPSA) is 93.8 Å². The number of ether oxygens (including phenoxy) is 1. The van der Waals surface area contributed by atoms with Gasteiger partial charge in [-0.05, 0) is 30.2 Å². The number of pyridine rings is 1. The number of furan rings is 1. The van der Waals surface area contributed by atoms with Crippen molar-refractivity contribution in [3.05, 3.63) is 86.7 Å². The second-order valence-corrected chi connectivity index (χ2v) is 8.42. The third-order valence-electron chi connectivity index (χ3n) is 5.96. The number of carbonyl (C=O) groups is 2. The van der Waals surface area contributed by atoms with E-state index in [1.165, 1.54) is 19.4 Å². The molecule has 0 bridgehead atoms. The number of nitrogens with one attached hydrogen (secondary N) is 1. The fraction of sp³-hybridized carbons (Fsp3) is 0.320. The molecule has 3 aromatic rings. The van der Waals surface area contributed by atoms with Crippen LogP contribution in [0.2, 0.25) is 5.02 Å². The Bertz CT molecular complexity index is 1240. The minimum absolute atomic E-state index is 0.0171. The molecule has 0 unspecified atom stereocenters. The molecule has 178 valence electrons. The lowest BCUT2D eigenvalue weighted by molar-refractivity contribution is -0.131. The van der Waals surface area contributed by atoms with E-state index >= 15 is 0 Å². The van der Waals surface area contributed by atoms with Gasteiger partial charge in [0.15, 0.2) is 0 Å². The predicted octanol–water partition coefficient (Wildman–Crippen LogP) is 3.05. The molecule has 0 atom stereocenters. The Labute approximate surface area is 202 Å². The van der Waals surface area contributed by atoms with Crippen LogP contribution >= 0.6 is 11.6 Å². The van der Waals surface area contributed by atoms with E-state index in [-0.39, 0.29) is 29.7 Å². The molecule has 8 nitrogen and oxygen atoms in total. The first-order valence-corrected chi connectivity index (χ1v) is 11.5. The Morgan fingerprint density at radius 1 is 1.15 bits per heavy atom. The average molecular weight is 484 g/mol. The van der Waals surface area contributed by atoms with Gasteiger partial charge in [-0.3, -0.25) is 14.4 Å². The maximum absolute atomic E-state index is 13.1. The Balaban J connectivity index is 1.51. The van der Waals surface area contributed by atoms with Crippen molar-refractivity contribution in [1.82, 2.24) is 14.8 Å². The zero-order valence-electron chi connectivity index (χ0n) is 18.9. The van der Waals surface area contributed by atoms with Crippen molar-refractivity contribution in [3.63, 3.8) is 0 Å².